The number of hydrogen-bond donors (Lipinski definition) is 2. The van der Waals surface area contributed by atoms with Crippen LogP contribution in [0.25, 0.3) is 0 Å². The zero-order valence-corrected chi connectivity index (χ0v) is 9.57. The molecular weight excluding hydrogens is 220 g/mol. The molecule has 1 heterocycles. The molecule has 80 valence electrons. The standard InChI is InChI=1S/C8H14N2O2S2/c1-2-7(6-9)10-14(11,12)8-4-3-5-13-8/h3-5,7,10H,2,6,9H2,1H3. The molecule has 1 atom stereocenters. The molecule has 0 bridgehead atoms. The number of hydrogen-bond acceptors (Lipinski definition) is 4. The van der Waals surface area contributed by atoms with Crippen molar-refractivity contribution >= 4 is 21.4 Å². The molecule has 3 N–H and O–H groups in total. The number of rotatable bonds is 5. The molecule has 6 heteroatoms. The number of nitrogens with one attached hydrogen (secondary N) is 1. The van der Waals surface area contributed by atoms with E-state index in [2.05, 4.69) is 4.72 Å². The van der Waals surface area contributed by atoms with Gasteiger partial charge < -0.3 is 5.73 Å². The molecule has 1 aromatic rings. The minimum Gasteiger partial charge on any atom is -0.329 e. The smallest absolute Gasteiger partial charge is 0.250 e. The van der Waals surface area contributed by atoms with Crippen LogP contribution in [0.15, 0.2) is 21.7 Å². The van der Waals surface area contributed by atoms with Gasteiger partial charge in [-0.15, -0.1) is 11.3 Å². The zero-order chi connectivity index (χ0) is 10.6. The second-order valence-corrected chi connectivity index (χ2v) is 5.78. The van der Waals surface area contributed by atoms with Crippen molar-refractivity contribution in [1.82, 2.24) is 4.72 Å². The summed E-state index contributed by atoms with van der Waals surface area (Å²) in [6.45, 7) is 2.22. The molecule has 1 aromatic heterocycles. The maximum Gasteiger partial charge on any atom is 0.250 e. The number of sulfonamides is 1. The summed E-state index contributed by atoms with van der Waals surface area (Å²) in [6.07, 6.45) is 0.696. The fourth-order valence-electron chi connectivity index (χ4n) is 0.992. The van der Waals surface area contributed by atoms with E-state index in [1.165, 1.54) is 11.3 Å². The molecular formula is C8H14N2O2S2. The fraction of sp³-hybridized carbons (Fsp3) is 0.500. The molecule has 0 radical (unpaired) electrons. The molecule has 4 nitrogen and oxygen atoms in total. The Balaban J connectivity index is 2.77. The van der Waals surface area contributed by atoms with Crippen molar-refractivity contribution in [2.75, 3.05) is 6.54 Å². The lowest BCUT2D eigenvalue weighted by Gasteiger charge is -2.13. The van der Waals surface area contributed by atoms with Crippen LogP contribution in [0.4, 0.5) is 0 Å². The van der Waals surface area contributed by atoms with Gasteiger partial charge in [0.2, 0.25) is 10.0 Å². The highest BCUT2D eigenvalue weighted by molar-refractivity contribution is 7.91. The Hall–Kier alpha value is -0.430. The third-order valence-corrected chi connectivity index (χ3v) is 4.78. The summed E-state index contributed by atoms with van der Waals surface area (Å²) >= 11 is 1.20. The Labute approximate surface area is 88.2 Å². The van der Waals surface area contributed by atoms with Crippen molar-refractivity contribution < 1.29 is 8.42 Å². The van der Waals surface area contributed by atoms with Crippen molar-refractivity contribution in [2.45, 2.75) is 23.6 Å². The van der Waals surface area contributed by atoms with Gasteiger partial charge in [-0.25, -0.2) is 13.1 Å². The SMILES string of the molecule is CCC(CN)NS(=O)(=O)c1cccs1. The molecule has 1 unspecified atom stereocenters. The highest BCUT2D eigenvalue weighted by Gasteiger charge is 2.18. The Morgan fingerprint density at radius 2 is 2.36 bits per heavy atom. The van der Waals surface area contributed by atoms with E-state index in [1.54, 1.807) is 17.5 Å². The molecule has 0 aliphatic rings. The lowest BCUT2D eigenvalue weighted by atomic mass is 10.2. The molecule has 0 saturated heterocycles. The lowest BCUT2D eigenvalue weighted by Crippen LogP contribution is -2.39. The molecule has 0 spiro atoms. The molecule has 0 amide bonds. The Bertz CT molecular complexity index is 355. The zero-order valence-electron chi connectivity index (χ0n) is 7.93. The summed E-state index contributed by atoms with van der Waals surface area (Å²) < 4.78 is 26.2. The largest absolute Gasteiger partial charge is 0.329 e. The summed E-state index contributed by atoms with van der Waals surface area (Å²) in [5.74, 6) is 0. The van der Waals surface area contributed by atoms with Crippen molar-refractivity contribution in [1.29, 1.82) is 0 Å². The van der Waals surface area contributed by atoms with Crippen molar-refractivity contribution in [3.8, 4) is 0 Å². The van der Waals surface area contributed by atoms with Gasteiger partial charge in [-0.2, -0.15) is 0 Å². The topological polar surface area (TPSA) is 72.2 Å². The Morgan fingerprint density at radius 3 is 2.79 bits per heavy atom. The second kappa shape index (κ2) is 4.88. The maximum atomic E-state index is 11.7. The highest BCUT2D eigenvalue weighted by Crippen LogP contribution is 2.15. The van der Waals surface area contributed by atoms with Gasteiger partial charge in [-0.3, -0.25) is 0 Å². The van der Waals surface area contributed by atoms with E-state index in [-0.39, 0.29) is 6.04 Å². The number of nitrogens with two attached hydrogens (primary N) is 1. The Morgan fingerprint density at radius 1 is 1.64 bits per heavy atom. The highest BCUT2D eigenvalue weighted by atomic mass is 32.2. The van der Waals surface area contributed by atoms with Crippen LogP contribution >= 0.6 is 11.3 Å². The van der Waals surface area contributed by atoms with E-state index >= 15 is 0 Å². The van der Waals surface area contributed by atoms with Crippen LogP contribution < -0.4 is 10.5 Å². The fourth-order valence-corrected chi connectivity index (χ4v) is 3.33. The molecule has 0 aliphatic heterocycles. The van der Waals surface area contributed by atoms with Crippen molar-refractivity contribution in [3.63, 3.8) is 0 Å². The normalized spacial score (nSPS) is 14.1. The molecule has 14 heavy (non-hydrogen) atoms. The molecule has 0 saturated carbocycles. The van der Waals surface area contributed by atoms with E-state index < -0.39 is 10.0 Å². The first-order chi connectivity index (χ1) is 6.60. The lowest BCUT2D eigenvalue weighted by molar-refractivity contribution is 0.544. The molecule has 0 aliphatic carbocycles. The minimum atomic E-state index is -3.35. The third-order valence-electron chi connectivity index (χ3n) is 1.86. The summed E-state index contributed by atoms with van der Waals surface area (Å²) in [4.78, 5) is 0. The van der Waals surface area contributed by atoms with Crippen LogP contribution in [0, 0.1) is 0 Å². The average molecular weight is 234 g/mol. The van der Waals surface area contributed by atoms with Gasteiger partial charge in [0.1, 0.15) is 4.21 Å². The predicted molar refractivity (Wildman–Crippen MR) is 57.8 cm³/mol. The van der Waals surface area contributed by atoms with Gasteiger partial charge in [0, 0.05) is 12.6 Å². The van der Waals surface area contributed by atoms with Gasteiger partial charge in [0.05, 0.1) is 0 Å². The summed E-state index contributed by atoms with van der Waals surface area (Å²) in [6, 6.07) is 3.11. The second-order valence-electron chi connectivity index (χ2n) is 2.89. The quantitative estimate of drug-likeness (QED) is 0.790. The van der Waals surface area contributed by atoms with Gasteiger partial charge in [-0.1, -0.05) is 13.0 Å². The first kappa shape index (κ1) is 11.6. The minimum absolute atomic E-state index is 0.179. The molecule has 1 rings (SSSR count). The van der Waals surface area contributed by atoms with Crippen LogP contribution in [0.3, 0.4) is 0 Å². The van der Waals surface area contributed by atoms with E-state index in [1.807, 2.05) is 6.92 Å². The number of thiophene rings is 1. The first-order valence-electron chi connectivity index (χ1n) is 4.36. The van der Waals surface area contributed by atoms with Crippen LogP contribution in [0.2, 0.25) is 0 Å². The van der Waals surface area contributed by atoms with Gasteiger partial charge in [0.25, 0.3) is 0 Å². The van der Waals surface area contributed by atoms with Gasteiger partial charge >= 0.3 is 0 Å². The summed E-state index contributed by atoms with van der Waals surface area (Å²) in [5, 5.41) is 1.73. The molecule has 0 fully saturated rings. The average Bonchev–Trinajstić information content (AvgIpc) is 2.67. The van der Waals surface area contributed by atoms with E-state index in [9.17, 15) is 8.42 Å². The van der Waals surface area contributed by atoms with E-state index in [0.29, 0.717) is 17.2 Å². The Kier molecular flexibility index (Phi) is 4.06. The molecule has 0 aromatic carbocycles. The van der Waals surface area contributed by atoms with Gasteiger partial charge in [0.15, 0.2) is 0 Å². The van der Waals surface area contributed by atoms with Crippen molar-refractivity contribution in [2.24, 2.45) is 5.73 Å². The first-order valence-corrected chi connectivity index (χ1v) is 6.72. The van der Waals surface area contributed by atoms with Crippen molar-refractivity contribution in [3.05, 3.63) is 17.5 Å². The van der Waals surface area contributed by atoms with Crippen LogP contribution in [0.5, 0.6) is 0 Å². The third kappa shape index (κ3) is 2.78. The van der Waals surface area contributed by atoms with Crippen LogP contribution in [0.1, 0.15) is 13.3 Å². The maximum absolute atomic E-state index is 11.7. The predicted octanol–water partition coefficient (Wildman–Crippen LogP) is 0.764. The van der Waals surface area contributed by atoms with E-state index in [0.717, 1.165) is 0 Å². The van der Waals surface area contributed by atoms with Gasteiger partial charge in [-0.05, 0) is 17.9 Å². The summed E-state index contributed by atoms with van der Waals surface area (Å²) in [7, 11) is -3.35. The van der Waals surface area contributed by atoms with Crippen LogP contribution in [-0.2, 0) is 10.0 Å². The monoisotopic (exact) mass is 234 g/mol. The van der Waals surface area contributed by atoms with E-state index in [4.69, 9.17) is 5.73 Å². The summed E-state index contributed by atoms with van der Waals surface area (Å²) in [5.41, 5.74) is 5.42. The van der Waals surface area contributed by atoms with Crippen LogP contribution in [-0.4, -0.2) is 21.0 Å².